The van der Waals surface area contributed by atoms with Gasteiger partial charge in [-0.15, -0.1) is 0 Å². The van der Waals surface area contributed by atoms with Crippen LogP contribution in [0, 0.1) is 0 Å². The van der Waals surface area contributed by atoms with Crippen molar-refractivity contribution < 1.29 is 27.4 Å². The largest absolute Gasteiger partial charge is 0.673 e. The maximum Gasteiger partial charge on any atom is 0.673 e. The SMILES string of the molecule is CCCCCCCCCCCCCCCC(=[NH2+])OCC.F[B-](F)(F)F. The van der Waals surface area contributed by atoms with Gasteiger partial charge < -0.3 is 22.0 Å². The van der Waals surface area contributed by atoms with Crippen molar-refractivity contribution in [3.63, 3.8) is 0 Å². The molecule has 0 radical (unpaired) electrons. The van der Waals surface area contributed by atoms with Gasteiger partial charge in [-0.25, -0.2) is 5.41 Å². The number of halogens is 4. The first kappa shape index (κ1) is 26.5. The minimum atomic E-state index is -6.00. The van der Waals surface area contributed by atoms with Crippen LogP contribution in [0.4, 0.5) is 17.3 Å². The monoisotopic (exact) mass is 371 g/mol. The van der Waals surface area contributed by atoms with Crippen LogP contribution in [0.2, 0.25) is 0 Å². The average molecular weight is 371 g/mol. The van der Waals surface area contributed by atoms with E-state index in [1.54, 1.807) is 0 Å². The molecule has 0 atom stereocenters. The van der Waals surface area contributed by atoms with Gasteiger partial charge in [-0.1, -0.05) is 84.0 Å². The summed E-state index contributed by atoms with van der Waals surface area (Å²) in [6, 6.07) is 0. The number of nitrogens with two attached hydrogens (primary N) is 1. The van der Waals surface area contributed by atoms with E-state index in [-0.39, 0.29) is 0 Å². The molecular weight excluding hydrogens is 333 g/mol. The zero-order valence-electron chi connectivity index (χ0n) is 16.2. The quantitative estimate of drug-likeness (QED) is 0.124. The summed E-state index contributed by atoms with van der Waals surface area (Å²) in [5.41, 5.74) is 0. The summed E-state index contributed by atoms with van der Waals surface area (Å²) < 4.78 is 44.2. The Bertz CT molecular complexity index is 283. The first-order valence-electron chi connectivity index (χ1n) is 9.92. The van der Waals surface area contributed by atoms with Crippen molar-refractivity contribution >= 4 is 13.2 Å². The summed E-state index contributed by atoms with van der Waals surface area (Å²) >= 11 is 0. The van der Waals surface area contributed by atoms with Crippen LogP contribution in [0.5, 0.6) is 0 Å². The van der Waals surface area contributed by atoms with Crippen LogP contribution in [0.1, 0.15) is 104 Å². The summed E-state index contributed by atoms with van der Waals surface area (Å²) in [6.07, 6.45) is 19.0. The maximum atomic E-state index is 9.75. The van der Waals surface area contributed by atoms with Gasteiger partial charge in [0, 0.05) is 0 Å². The van der Waals surface area contributed by atoms with E-state index in [1.807, 2.05) is 6.92 Å². The number of rotatable bonds is 15. The van der Waals surface area contributed by atoms with Gasteiger partial charge in [-0.05, 0) is 13.3 Å². The van der Waals surface area contributed by atoms with Gasteiger partial charge in [-0.3, -0.25) is 0 Å². The summed E-state index contributed by atoms with van der Waals surface area (Å²) in [5, 5.41) is 5.72. The molecule has 0 aliphatic heterocycles. The molecule has 0 aromatic heterocycles. The lowest BCUT2D eigenvalue weighted by Crippen LogP contribution is -2.41. The molecular formula is C18H38BF4NO. The Morgan fingerprint density at radius 1 is 0.680 bits per heavy atom. The van der Waals surface area contributed by atoms with Crippen LogP contribution in [0.15, 0.2) is 0 Å². The molecule has 0 rings (SSSR count). The average Bonchev–Trinajstić information content (AvgIpc) is 2.50. The lowest BCUT2D eigenvalue weighted by Gasteiger charge is -2.03. The maximum absolute atomic E-state index is 9.75. The van der Waals surface area contributed by atoms with Crippen molar-refractivity contribution in [2.24, 2.45) is 0 Å². The fraction of sp³-hybridized carbons (Fsp3) is 0.944. The molecule has 0 amide bonds. The Kier molecular flexibility index (Phi) is 20.7. The van der Waals surface area contributed by atoms with Crippen LogP contribution in [-0.4, -0.2) is 19.8 Å². The van der Waals surface area contributed by atoms with Crippen molar-refractivity contribution in [1.29, 1.82) is 0 Å². The molecule has 152 valence electrons. The zero-order valence-corrected chi connectivity index (χ0v) is 16.2. The van der Waals surface area contributed by atoms with E-state index >= 15 is 0 Å². The molecule has 0 heterocycles. The molecule has 0 saturated carbocycles. The molecule has 0 saturated heterocycles. The predicted molar refractivity (Wildman–Crippen MR) is 99.1 cm³/mol. The number of hydrogen-bond donors (Lipinski definition) is 1. The van der Waals surface area contributed by atoms with Crippen LogP contribution in [0.3, 0.4) is 0 Å². The number of unbranched alkanes of at least 4 members (excludes halogenated alkanes) is 12. The lowest BCUT2D eigenvalue weighted by molar-refractivity contribution is -0.143. The smallest absolute Gasteiger partial charge is 0.448 e. The third kappa shape index (κ3) is 35.3. The predicted octanol–water partition coefficient (Wildman–Crippen LogP) is 5.96. The molecule has 0 unspecified atom stereocenters. The van der Waals surface area contributed by atoms with E-state index in [9.17, 15) is 17.3 Å². The van der Waals surface area contributed by atoms with E-state index in [2.05, 4.69) is 6.92 Å². The van der Waals surface area contributed by atoms with Crippen LogP contribution < -0.4 is 5.41 Å². The molecule has 0 aliphatic rings. The topological polar surface area (TPSA) is 34.8 Å². The Balaban J connectivity index is 0. The van der Waals surface area contributed by atoms with E-state index in [1.165, 1.54) is 83.5 Å². The van der Waals surface area contributed by atoms with Gasteiger partial charge in [0.2, 0.25) is 0 Å². The molecule has 2 nitrogen and oxygen atoms in total. The summed E-state index contributed by atoms with van der Waals surface area (Å²) in [4.78, 5) is 0. The fourth-order valence-electron chi connectivity index (χ4n) is 2.57. The second-order valence-corrected chi connectivity index (χ2v) is 6.39. The van der Waals surface area contributed by atoms with Gasteiger partial charge in [0.1, 0.15) is 0 Å². The van der Waals surface area contributed by atoms with Crippen molar-refractivity contribution in [3.8, 4) is 0 Å². The third-order valence-corrected chi connectivity index (χ3v) is 3.86. The number of ether oxygens (including phenoxy) is 1. The van der Waals surface area contributed by atoms with Gasteiger partial charge in [0.25, 0.3) is 0 Å². The highest BCUT2D eigenvalue weighted by atomic mass is 19.5. The van der Waals surface area contributed by atoms with Crippen molar-refractivity contribution in [2.75, 3.05) is 6.61 Å². The summed E-state index contributed by atoms with van der Waals surface area (Å²) in [5.74, 6) is 0.718. The molecule has 0 aliphatic carbocycles. The van der Waals surface area contributed by atoms with E-state index in [0.717, 1.165) is 12.3 Å². The van der Waals surface area contributed by atoms with Crippen LogP contribution in [-0.2, 0) is 4.74 Å². The van der Waals surface area contributed by atoms with Crippen molar-refractivity contribution in [3.05, 3.63) is 0 Å². The second kappa shape index (κ2) is 19.6. The standard InChI is InChI=1S/C18H37NO.BF4/c1-3-5-6-7-8-9-10-11-12-13-14-15-16-17-18(19)20-4-2;2-1(3,4)5/h19H,3-17H2,1-2H3;/q;-1/p+1. The Hall–Kier alpha value is -0.745. The van der Waals surface area contributed by atoms with Crippen molar-refractivity contribution in [1.82, 2.24) is 0 Å². The van der Waals surface area contributed by atoms with Gasteiger partial charge in [0.15, 0.2) is 0 Å². The number of hydrogen-bond acceptors (Lipinski definition) is 1. The molecule has 0 spiro atoms. The molecule has 0 bridgehead atoms. The molecule has 7 heteroatoms. The highest BCUT2D eigenvalue weighted by Crippen LogP contribution is 2.12. The van der Waals surface area contributed by atoms with Gasteiger partial charge in [-0.2, -0.15) is 0 Å². The first-order chi connectivity index (χ1) is 11.8. The summed E-state index contributed by atoms with van der Waals surface area (Å²) in [7, 11) is -6.00. The molecule has 0 fully saturated rings. The van der Waals surface area contributed by atoms with Crippen molar-refractivity contribution in [2.45, 2.75) is 104 Å². The van der Waals surface area contributed by atoms with E-state index in [0.29, 0.717) is 6.61 Å². The highest BCUT2D eigenvalue weighted by Gasteiger charge is 2.20. The van der Waals surface area contributed by atoms with E-state index < -0.39 is 7.25 Å². The molecule has 25 heavy (non-hydrogen) atoms. The normalized spacial score (nSPS) is 11.0. The Morgan fingerprint density at radius 2 is 1.00 bits per heavy atom. The summed E-state index contributed by atoms with van der Waals surface area (Å²) in [6.45, 7) is 4.96. The second-order valence-electron chi connectivity index (χ2n) is 6.39. The Labute approximate surface area is 151 Å². The third-order valence-electron chi connectivity index (χ3n) is 3.86. The fourth-order valence-corrected chi connectivity index (χ4v) is 2.57. The first-order valence-corrected chi connectivity index (χ1v) is 9.92. The highest BCUT2D eigenvalue weighted by molar-refractivity contribution is 6.50. The molecule has 2 N–H and O–H groups in total. The molecule has 0 aromatic rings. The van der Waals surface area contributed by atoms with Crippen LogP contribution >= 0.6 is 0 Å². The lowest BCUT2D eigenvalue weighted by atomic mass is 10.0. The van der Waals surface area contributed by atoms with Gasteiger partial charge >= 0.3 is 13.2 Å². The van der Waals surface area contributed by atoms with Gasteiger partial charge in [0.05, 0.1) is 13.0 Å². The van der Waals surface area contributed by atoms with Crippen LogP contribution in [0.25, 0.3) is 0 Å². The van der Waals surface area contributed by atoms with E-state index in [4.69, 9.17) is 10.1 Å². The molecule has 0 aromatic carbocycles. The Morgan fingerprint density at radius 3 is 1.32 bits per heavy atom. The zero-order chi connectivity index (χ0) is 19.4. The minimum absolute atomic E-state index is 0.699. The minimum Gasteiger partial charge on any atom is -0.448 e.